The normalized spacial score (nSPS) is 15.4. The van der Waals surface area contributed by atoms with E-state index in [0.717, 1.165) is 24.5 Å². The van der Waals surface area contributed by atoms with E-state index < -0.39 is 0 Å². The lowest BCUT2D eigenvalue weighted by molar-refractivity contribution is 0.0963. The summed E-state index contributed by atoms with van der Waals surface area (Å²) in [5.41, 5.74) is 0.965. The fraction of sp³-hybridized carbons (Fsp3) is 0.562. The van der Waals surface area contributed by atoms with Crippen LogP contribution in [-0.2, 0) is 11.3 Å². The summed E-state index contributed by atoms with van der Waals surface area (Å²) in [6, 6.07) is 6.13. The Morgan fingerprint density at radius 2 is 2.17 bits per heavy atom. The SMILES string of the molecule is CCOC(=O)N1CCC(NC(=NC)NCc2ccccn2)CC1.I. The number of hydrogen-bond donors (Lipinski definition) is 2. The van der Waals surface area contributed by atoms with Gasteiger partial charge in [0.15, 0.2) is 5.96 Å². The maximum Gasteiger partial charge on any atom is 0.409 e. The number of nitrogens with zero attached hydrogens (tertiary/aromatic N) is 3. The van der Waals surface area contributed by atoms with Crippen LogP contribution < -0.4 is 10.6 Å². The highest BCUT2D eigenvalue weighted by atomic mass is 127. The number of piperidine rings is 1. The van der Waals surface area contributed by atoms with Crippen LogP contribution in [0.2, 0.25) is 0 Å². The Morgan fingerprint density at radius 3 is 2.75 bits per heavy atom. The van der Waals surface area contributed by atoms with Crippen molar-refractivity contribution in [1.29, 1.82) is 0 Å². The predicted molar refractivity (Wildman–Crippen MR) is 105 cm³/mol. The number of rotatable bonds is 4. The Kier molecular flexibility index (Phi) is 9.43. The van der Waals surface area contributed by atoms with Gasteiger partial charge in [0, 0.05) is 32.4 Å². The molecule has 1 aromatic heterocycles. The first kappa shape index (κ1) is 20.5. The van der Waals surface area contributed by atoms with Crippen LogP contribution in [0.1, 0.15) is 25.5 Å². The van der Waals surface area contributed by atoms with E-state index in [-0.39, 0.29) is 30.1 Å². The summed E-state index contributed by atoms with van der Waals surface area (Å²) in [6.07, 6.45) is 3.31. The van der Waals surface area contributed by atoms with Gasteiger partial charge in [0.05, 0.1) is 18.8 Å². The number of amides is 1. The fourth-order valence-electron chi connectivity index (χ4n) is 2.49. The molecule has 1 fully saturated rings. The van der Waals surface area contributed by atoms with Gasteiger partial charge >= 0.3 is 6.09 Å². The number of hydrogen-bond acceptors (Lipinski definition) is 4. The minimum Gasteiger partial charge on any atom is -0.450 e. The van der Waals surface area contributed by atoms with E-state index in [4.69, 9.17) is 4.74 Å². The van der Waals surface area contributed by atoms with Crippen molar-refractivity contribution >= 4 is 36.0 Å². The van der Waals surface area contributed by atoms with Crippen LogP contribution in [0.4, 0.5) is 4.79 Å². The van der Waals surface area contributed by atoms with Crippen molar-refractivity contribution in [3.8, 4) is 0 Å². The zero-order valence-corrected chi connectivity index (χ0v) is 16.5. The van der Waals surface area contributed by atoms with Crippen LogP contribution in [0.25, 0.3) is 0 Å². The molecule has 1 saturated heterocycles. The van der Waals surface area contributed by atoms with Gasteiger partial charge in [-0.25, -0.2) is 4.79 Å². The Balaban J connectivity index is 0.00000288. The van der Waals surface area contributed by atoms with E-state index in [2.05, 4.69) is 20.6 Å². The van der Waals surface area contributed by atoms with Gasteiger partial charge in [-0.2, -0.15) is 0 Å². The molecule has 24 heavy (non-hydrogen) atoms. The molecule has 8 heteroatoms. The lowest BCUT2D eigenvalue weighted by atomic mass is 10.1. The molecule has 0 aromatic carbocycles. The summed E-state index contributed by atoms with van der Waals surface area (Å²) in [7, 11) is 1.75. The van der Waals surface area contributed by atoms with Crippen molar-refractivity contribution in [2.24, 2.45) is 4.99 Å². The van der Waals surface area contributed by atoms with Crippen LogP contribution >= 0.6 is 24.0 Å². The summed E-state index contributed by atoms with van der Waals surface area (Å²) < 4.78 is 5.03. The Morgan fingerprint density at radius 1 is 1.42 bits per heavy atom. The molecule has 0 spiro atoms. The third-order valence-electron chi connectivity index (χ3n) is 3.75. The topological polar surface area (TPSA) is 78.8 Å². The number of nitrogens with one attached hydrogen (secondary N) is 2. The fourth-order valence-corrected chi connectivity index (χ4v) is 2.49. The highest BCUT2D eigenvalue weighted by molar-refractivity contribution is 14.0. The van der Waals surface area contributed by atoms with E-state index in [1.54, 1.807) is 18.1 Å². The van der Waals surface area contributed by atoms with Crippen molar-refractivity contribution in [2.75, 3.05) is 26.7 Å². The molecule has 2 rings (SSSR count). The van der Waals surface area contributed by atoms with Crippen LogP contribution in [0.3, 0.4) is 0 Å². The summed E-state index contributed by atoms with van der Waals surface area (Å²) in [6.45, 7) is 4.27. The first-order valence-electron chi connectivity index (χ1n) is 8.01. The monoisotopic (exact) mass is 447 g/mol. The third-order valence-corrected chi connectivity index (χ3v) is 3.75. The molecule has 0 bridgehead atoms. The molecule has 0 unspecified atom stereocenters. The smallest absolute Gasteiger partial charge is 0.409 e. The highest BCUT2D eigenvalue weighted by Gasteiger charge is 2.23. The number of carbonyl (C=O) groups is 1. The average molecular weight is 447 g/mol. The van der Waals surface area contributed by atoms with Gasteiger partial charge < -0.3 is 20.3 Å². The Hall–Kier alpha value is -1.58. The van der Waals surface area contributed by atoms with Gasteiger partial charge in [-0.3, -0.25) is 9.98 Å². The van der Waals surface area contributed by atoms with Crippen LogP contribution in [0.5, 0.6) is 0 Å². The second-order valence-electron chi connectivity index (χ2n) is 5.35. The van der Waals surface area contributed by atoms with Crippen LogP contribution in [0, 0.1) is 0 Å². The van der Waals surface area contributed by atoms with Crippen molar-refractivity contribution in [3.63, 3.8) is 0 Å². The molecule has 1 aliphatic heterocycles. The number of guanidine groups is 1. The van der Waals surface area contributed by atoms with Crippen LogP contribution in [0.15, 0.2) is 29.4 Å². The third kappa shape index (κ3) is 6.50. The van der Waals surface area contributed by atoms with Crippen LogP contribution in [-0.4, -0.2) is 54.7 Å². The molecule has 1 aromatic rings. The number of aromatic nitrogens is 1. The lowest BCUT2D eigenvalue weighted by Gasteiger charge is -2.32. The Bertz CT molecular complexity index is 518. The molecule has 2 N–H and O–H groups in total. The van der Waals surface area contributed by atoms with E-state index >= 15 is 0 Å². The van der Waals surface area contributed by atoms with Crippen molar-refractivity contribution < 1.29 is 9.53 Å². The Labute approximate surface area is 160 Å². The number of halogens is 1. The first-order chi connectivity index (χ1) is 11.2. The average Bonchev–Trinajstić information content (AvgIpc) is 2.60. The van der Waals surface area contributed by atoms with Gasteiger partial charge in [0.25, 0.3) is 0 Å². The molecule has 2 heterocycles. The van der Waals surface area contributed by atoms with E-state index in [1.807, 2.05) is 25.1 Å². The summed E-state index contributed by atoms with van der Waals surface area (Å²) in [5.74, 6) is 0.755. The van der Waals surface area contributed by atoms with Crippen molar-refractivity contribution in [1.82, 2.24) is 20.5 Å². The molecule has 0 radical (unpaired) electrons. The standard InChI is InChI=1S/C16H25N5O2.HI/c1-3-23-16(22)21-10-7-13(8-11-21)20-15(17-2)19-12-14-6-4-5-9-18-14;/h4-6,9,13H,3,7-8,10-12H2,1-2H3,(H2,17,19,20);1H. The maximum absolute atomic E-state index is 11.7. The summed E-state index contributed by atoms with van der Waals surface area (Å²) in [5, 5.41) is 6.66. The van der Waals surface area contributed by atoms with Crippen molar-refractivity contribution in [2.45, 2.75) is 32.4 Å². The summed E-state index contributed by atoms with van der Waals surface area (Å²) >= 11 is 0. The van der Waals surface area contributed by atoms with Gasteiger partial charge in [-0.05, 0) is 31.9 Å². The quantitative estimate of drug-likeness (QED) is 0.420. The summed E-state index contributed by atoms with van der Waals surface area (Å²) in [4.78, 5) is 22.0. The maximum atomic E-state index is 11.7. The second kappa shape index (κ2) is 11.1. The predicted octanol–water partition coefficient (Wildman–Crippen LogP) is 1.99. The molecule has 1 aliphatic rings. The molecule has 1 amide bonds. The number of aliphatic imine (C=N–C) groups is 1. The van der Waals surface area contributed by atoms with E-state index in [0.29, 0.717) is 32.3 Å². The zero-order chi connectivity index (χ0) is 16.5. The van der Waals surface area contributed by atoms with Gasteiger partial charge in [-0.1, -0.05) is 6.07 Å². The molecular weight excluding hydrogens is 421 g/mol. The number of pyridine rings is 1. The van der Waals surface area contributed by atoms with E-state index in [1.165, 1.54) is 0 Å². The molecule has 134 valence electrons. The number of ether oxygens (including phenoxy) is 1. The molecule has 7 nitrogen and oxygen atoms in total. The number of carbonyl (C=O) groups excluding carboxylic acids is 1. The minimum absolute atomic E-state index is 0. The lowest BCUT2D eigenvalue weighted by Crippen LogP contribution is -2.49. The van der Waals surface area contributed by atoms with Crippen molar-refractivity contribution in [3.05, 3.63) is 30.1 Å². The highest BCUT2D eigenvalue weighted by Crippen LogP contribution is 2.11. The first-order valence-corrected chi connectivity index (χ1v) is 8.01. The van der Waals surface area contributed by atoms with Gasteiger partial charge in [0.1, 0.15) is 0 Å². The van der Waals surface area contributed by atoms with Gasteiger partial charge in [-0.15, -0.1) is 24.0 Å². The number of likely N-dealkylation sites (tertiary alicyclic amines) is 1. The molecule has 0 aliphatic carbocycles. The zero-order valence-electron chi connectivity index (χ0n) is 14.2. The van der Waals surface area contributed by atoms with Gasteiger partial charge in [0.2, 0.25) is 0 Å². The minimum atomic E-state index is -0.219. The second-order valence-corrected chi connectivity index (χ2v) is 5.35. The molecular formula is C16H26IN5O2. The van der Waals surface area contributed by atoms with E-state index in [9.17, 15) is 4.79 Å². The molecule has 0 atom stereocenters. The largest absolute Gasteiger partial charge is 0.450 e. The molecule has 0 saturated carbocycles.